The molecule has 5 rings (SSSR count). The third kappa shape index (κ3) is 9.68. The van der Waals surface area contributed by atoms with Gasteiger partial charge in [-0.15, -0.1) is 0 Å². The maximum atomic E-state index is 16.2. The summed E-state index contributed by atoms with van der Waals surface area (Å²) in [6.45, 7) is 13.9. The molecule has 0 atom stereocenters. The molecule has 13 heteroatoms. The summed E-state index contributed by atoms with van der Waals surface area (Å²) in [5, 5.41) is 20.0. The van der Waals surface area contributed by atoms with E-state index >= 15 is 4.39 Å². The molecule has 2 heterocycles. The molecule has 0 fully saturated rings. The first-order valence-electron chi connectivity index (χ1n) is 19.0. The molecule has 0 aliphatic heterocycles. The van der Waals surface area contributed by atoms with Gasteiger partial charge in [-0.05, 0) is 110 Å². The number of aromatic amines is 1. The van der Waals surface area contributed by atoms with Crippen molar-refractivity contribution in [2.45, 2.75) is 105 Å². The minimum Gasteiger partial charge on any atom is -0.493 e. The van der Waals surface area contributed by atoms with Crippen LogP contribution in [0.5, 0.6) is 5.75 Å². The molecule has 0 bridgehead atoms. The summed E-state index contributed by atoms with van der Waals surface area (Å²) >= 11 is 0. The summed E-state index contributed by atoms with van der Waals surface area (Å²) in [7, 11) is 0. The number of imide groups is 1. The van der Waals surface area contributed by atoms with Gasteiger partial charge in [0.05, 0.1) is 31.0 Å². The number of fused-ring (bicyclic) bond motifs is 2. The van der Waals surface area contributed by atoms with Gasteiger partial charge in [0, 0.05) is 40.7 Å². The molecule has 0 aliphatic rings. The lowest BCUT2D eigenvalue weighted by Gasteiger charge is -2.28. The minimum atomic E-state index is -0.856. The molecule has 3 aromatic carbocycles. The van der Waals surface area contributed by atoms with Gasteiger partial charge in [-0.1, -0.05) is 36.4 Å². The Morgan fingerprint density at radius 1 is 0.875 bits per heavy atom. The average Bonchev–Trinajstić information content (AvgIpc) is 3.65. The molecule has 300 valence electrons. The van der Waals surface area contributed by atoms with E-state index in [1.165, 1.54) is 6.07 Å². The highest BCUT2D eigenvalue weighted by atomic mass is 19.1. The lowest BCUT2D eigenvalue weighted by atomic mass is 9.97. The number of rotatable bonds is 14. The molecule has 12 nitrogen and oxygen atoms in total. The van der Waals surface area contributed by atoms with E-state index in [1.807, 2.05) is 42.5 Å². The van der Waals surface area contributed by atoms with Crippen molar-refractivity contribution in [2.24, 2.45) is 0 Å². The number of carbonyl (C=O) groups is 3. The van der Waals surface area contributed by atoms with Crippen LogP contribution in [-0.4, -0.2) is 73.9 Å². The second kappa shape index (κ2) is 17.6. The maximum absolute atomic E-state index is 16.2. The van der Waals surface area contributed by atoms with Crippen LogP contribution in [0.4, 0.5) is 14.0 Å². The summed E-state index contributed by atoms with van der Waals surface area (Å²) in [5.74, 6) is -0.382. The van der Waals surface area contributed by atoms with E-state index in [0.29, 0.717) is 60.0 Å². The van der Waals surface area contributed by atoms with Crippen LogP contribution in [0.25, 0.3) is 32.8 Å². The second-order valence-corrected chi connectivity index (χ2v) is 15.6. The number of aliphatic hydroxyl groups is 1. The van der Waals surface area contributed by atoms with Gasteiger partial charge in [-0.2, -0.15) is 5.10 Å². The summed E-state index contributed by atoms with van der Waals surface area (Å²) in [4.78, 5) is 41.3. The Kier molecular flexibility index (Phi) is 13.1. The SMILES string of the molecule is CCOC(=O)c1c(CCCOc2cccc3ccccc23)c2ccc(F)c(-c3c(CO)n[nH]c3C)c2n1CCCCN(C(=O)OC(C)(C)C)C(=O)OC(C)(C)C. The number of carbonyl (C=O) groups excluding carboxylic acids is 3. The van der Waals surface area contributed by atoms with Gasteiger partial charge in [-0.3, -0.25) is 5.10 Å². The number of H-pyrrole nitrogens is 1. The first-order valence-corrected chi connectivity index (χ1v) is 19.0. The van der Waals surface area contributed by atoms with Crippen LogP contribution < -0.4 is 4.74 Å². The number of nitrogens with one attached hydrogen (secondary N) is 1. The van der Waals surface area contributed by atoms with Crippen LogP contribution in [-0.2, 0) is 33.8 Å². The number of aryl methyl sites for hydroxylation is 3. The molecule has 56 heavy (non-hydrogen) atoms. The lowest BCUT2D eigenvalue weighted by molar-refractivity contribution is 0.00113. The van der Waals surface area contributed by atoms with E-state index in [9.17, 15) is 19.5 Å². The molecule has 2 amide bonds. The van der Waals surface area contributed by atoms with Gasteiger partial charge in [0.1, 0.15) is 28.5 Å². The summed E-state index contributed by atoms with van der Waals surface area (Å²) < 4.78 is 40.9. The van der Waals surface area contributed by atoms with Gasteiger partial charge >= 0.3 is 18.2 Å². The topological polar surface area (TPSA) is 145 Å². The van der Waals surface area contributed by atoms with Crippen LogP contribution in [0.3, 0.4) is 0 Å². The summed E-state index contributed by atoms with van der Waals surface area (Å²) in [6.07, 6.45) is -0.101. The predicted molar refractivity (Wildman–Crippen MR) is 212 cm³/mol. The van der Waals surface area contributed by atoms with Gasteiger partial charge < -0.3 is 28.6 Å². The van der Waals surface area contributed by atoms with Crippen LogP contribution >= 0.6 is 0 Å². The first-order chi connectivity index (χ1) is 26.5. The van der Waals surface area contributed by atoms with Crippen molar-refractivity contribution < 1.29 is 42.8 Å². The zero-order chi connectivity index (χ0) is 40.8. The number of aromatic nitrogens is 3. The third-order valence-electron chi connectivity index (χ3n) is 8.99. The molecule has 0 unspecified atom stereocenters. The van der Waals surface area contributed by atoms with E-state index in [0.717, 1.165) is 21.4 Å². The lowest BCUT2D eigenvalue weighted by Crippen LogP contribution is -2.44. The molecule has 0 saturated heterocycles. The monoisotopic (exact) mass is 772 g/mol. The Hall–Kier alpha value is -5.43. The molecule has 2 N–H and O–H groups in total. The number of nitrogens with zero attached hydrogens (tertiary/aromatic N) is 3. The zero-order valence-corrected chi connectivity index (χ0v) is 33.6. The van der Waals surface area contributed by atoms with Crippen molar-refractivity contribution in [2.75, 3.05) is 19.8 Å². The number of ether oxygens (including phenoxy) is 4. The van der Waals surface area contributed by atoms with E-state index in [-0.39, 0.29) is 36.6 Å². The van der Waals surface area contributed by atoms with E-state index in [1.54, 1.807) is 66.0 Å². The minimum absolute atomic E-state index is 0.0349. The molecule has 2 aromatic heterocycles. The molecule has 0 radical (unpaired) electrons. The quantitative estimate of drug-likeness (QED) is 0.0641. The van der Waals surface area contributed by atoms with Crippen LogP contribution in [0.2, 0.25) is 0 Å². The number of hydrogen-bond donors (Lipinski definition) is 2. The van der Waals surface area contributed by atoms with Crippen molar-refractivity contribution >= 4 is 39.8 Å². The number of halogens is 1. The number of hydrogen-bond acceptors (Lipinski definition) is 9. The Labute approximate surface area is 326 Å². The zero-order valence-electron chi connectivity index (χ0n) is 33.6. The Morgan fingerprint density at radius 2 is 1.55 bits per heavy atom. The summed E-state index contributed by atoms with van der Waals surface area (Å²) in [5.41, 5.74) is 1.04. The predicted octanol–water partition coefficient (Wildman–Crippen LogP) is 9.27. The number of aliphatic hydroxyl groups excluding tert-OH is 1. The van der Waals surface area contributed by atoms with Gasteiger partial charge in [-0.25, -0.2) is 23.7 Å². The van der Waals surface area contributed by atoms with Crippen molar-refractivity contribution in [3.05, 3.63) is 83.1 Å². The van der Waals surface area contributed by atoms with Crippen molar-refractivity contribution in [3.63, 3.8) is 0 Å². The van der Waals surface area contributed by atoms with Crippen LogP contribution in [0.1, 0.15) is 95.2 Å². The van der Waals surface area contributed by atoms with Gasteiger partial charge in [0.15, 0.2) is 0 Å². The van der Waals surface area contributed by atoms with Crippen molar-refractivity contribution in [3.8, 4) is 16.9 Å². The number of unbranched alkanes of at least 4 members (excludes halogenated alkanes) is 1. The van der Waals surface area contributed by atoms with Crippen LogP contribution in [0, 0.1) is 12.7 Å². The fourth-order valence-electron chi connectivity index (χ4n) is 6.75. The van der Waals surface area contributed by atoms with Gasteiger partial charge in [0.25, 0.3) is 0 Å². The Bertz CT molecular complexity index is 2160. The standard InChI is InChI=1S/C43H53FN4O8/c1-9-53-39(50)38-30(19-15-25-54-34-20-14-17-28-16-10-11-18-29(28)34)31-21-22-32(44)36(35-27(2)45-46-33(35)26-49)37(31)47(38)23-12-13-24-48(40(51)55-42(3,4)5)41(52)56-43(6,7)8/h10-11,14,16-18,20-22,49H,9,12-13,15,19,23-26H2,1-8H3,(H,45,46). The normalized spacial score (nSPS) is 11.9. The largest absolute Gasteiger partial charge is 0.493 e. The molecule has 0 aliphatic carbocycles. The third-order valence-corrected chi connectivity index (χ3v) is 8.99. The van der Waals surface area contributed by atoms with Crippen molar-refractivity contribution in [1.82, 2.24) is 19.7 Å². The average molecular weight is 773 g/mol. The number of benzene rings is 3. The molecule has 0 saturated carbocycles. The Morgan fingerprint density at radius 3 is 2.21 bits per heavy atom. The highest BCUT2D eigenvalue weighted by Gasteiger charge is 2.32. The van der Waals surface area contributed by atoms with Crippen LogP contribution in [0.15, 0.2) is 54.6 Å². The smallest absolute Gasteiger partial charge is 0.419 e. The molecule has 5 aromatic rings. The fraction of sp³-hybridized carbons (Fsp3) is 0.442. The molecular formula is C43H53FN4O8. The molecular weight excluding hydrogens is 719 g/mol. The first kappa shape index (κ1) is 41.7. The summed E-state index contributed by atoms with van der Waals surface area (Å²) in [6, 6.07) is 16.9. The maximum Gasteiger partial charge on any atom is 0.419 e. The van der Waals surface area contributed by atoms with E-state index < -0.39 is 41.8 Å². The van der Waals surface area contributed by atoms with Crippen molar-refractivity contribution in [1.29, 1.82) is 0 Å². The highest BCUT2D eigenvalue weighted by Crippen LogP contribution is 2.40. The Balaban J connectivity index is 1.53. The fourth-order valence-corrected chi connectivity index (χ4v) is 6.75. The van der Waals surface area contributed by atoms with E-state index in [4.69, 9.17) is 18.9 Å². The molecule has 0 spiro atoms. The number of esters is 1. The second-order valence-electron chi connectivity index (χ2n) is 15.6. The number of amides is 2. The highest BCUT2D eigenvalue weighted by molar-refractivity contribution is 6.05. The van der Waals surface area contributed by atoms with E-state index in [2.05, 4.69) is 10.2 Å². The van der Waals surface area contributed by atoms with Gasteiger partial charge in [0.2, 0.25) is 0 Å².